The van der Waals surface area contributed by atoms with Gasteiger partial charge >= 0.3 is 5.97 Å². The van der Waals surface area contributed by atoms with Crippen molar-refractivity contribution in [1.29, 1.82) is 0 Å². The summed E-state index contributed by atoms with van der Waals surface area (Å²) in [5, 5.41) is 7.28. The summed E-state index contributed by atoms with van der Waals surface area (Å²) < 4.78 is 29.8. The Labute approximate surface area is 193 Å². The molecule has 1 saturated heterocycles. The number of nitrogens with one attached hydrogen (secondary N) is 2. The molecule has 1 aliphatic heterocycles. The molecule has 0 aliphatic carbocycles. The number of hydrogen-bond donors (Lipinski definition) is 2. The summed E-state index contributed by atoms with van der Waals surface area (Å²) in [6.07, 6.45) is 2.06. The summed E-state index contributed by atoms with van der Waals surface area (Å²) in [6, 6.07) is -0.144. The lowest BCUT2D eigenvalue weighted by atomic mass is 10.1. The van der Waals surface area contributed by atoms with Crippen LogP contribution < -0.4 is 10.6 Å². The van der Waals surface area contributed by atoms with Crippen LogP contribution in [0, 0.1) is 12.8 Å². The molecule has 29 heavy (non-hydrogen) atoms. The minimum Gasteiger partial charge on any atom is -0.462 e. The zero-order valence-electron chi connectivity index (χ0n) is 17.4. The molecule has 166 valence electrons. The SMILES string of the molecule is CCOC(=O)c1sc(C(C)NC(=NC)NCC2CCN(S(C)(=O)=O)C2)nc1C.I. The Hall–Kier alpha value is -0.990. The van der Waals surface area contributed by atoms with Crippen molar-refractivity contribution in [3.63, 3.8) is 0 Å². The fourth-order valence-electron chi connectivity index (χ4n) is 2.96. The number of aliphatic imine (C=N–C) groups is 1. The van der Waals surface area contributed by atoms with Crippen molar-refractivity contribution in [3.8, 4) is 0 Å². The van der Waals surface area contributed by atoms with Gasteiger partial charge in [-0.3, -0.25) is 4.99 Å². The number of sulfonamides is 1. The number of aryl methyl sites for hydroxylation is 1. The van der Waals surface area contributed by atoms with Gasteiger partial charge in [0.1, 0.15) is 9.88 Å². The Morgan fingerprint density at radius 1 is 1.48 bits per heavy atom. The van der Waals surface area contributed by atoms with Gasteiger partial charge in [-0.1, -0.05) is 0 Å². The average Bonchev–Trinajstić information content (AvgIpc) is 3.25. The topological polar surface area (TPSA) is 113 Å². The standard InChI is InChI=1S/C17H29N5O4S2.HI/c1-6-26-16(23)14-11(2)20-15(27-14)12(3)21-17(18-4)19-9-13-7-8-22(10-13)28(5,24)25;/h12-13H,6-10H2,1-5H3,(H2,18,19,21);1H. The smallest absolute Gasteiger partial charge is 0.350 e. The summed E-state index contributed by atoms with van der Waals surface area (Å²) in [7, 11) is -1.46. The number of nitrogens with zero attached hydrogens (tertiary/aromatic N) is 3. The second-order valence-electron chi connectivity index (χ2n) is 6.78. The first-order valence-electron chi connectivity index (χ1n) is 9.22. The second-order valence-corrected chi connectivity index (χ2v) is 9.80. The fourth-order valence-corrected chi connectivity index (χ4v) is 4.84. The van der Waals surface area contributed by atoms with Crippen molar-refractivity contribution in [2.45, 2.75) is 33.2 Å². The molecule has 0 bridgehead atoms. The quantitative estimate of drug-likeness (QED) is 0.227. The number of carbonyl (C=O) groups excluding carboxylic acids is 1. The molecule has 0 radical (unpaired) electrons. The van der Waals surface area contributed by atoms with Crippen LogP contribution in [0.25, 0.3) is 0 Å². The van der Waals surface area contributed by atoms with Crippen LogP contribution in [0.5, 0.6) is 0 Å². The van der Waals surface area contributed by atoms with E-state index in [1.165, 1.54) is 21.9 Å². The van der Waals surface area contributed by atoms with Crippen LogP contribution in [0.15, 0.2) is 4.99 Å². The van der Waals surface area contributed by atoms with E-state index in [0.717, 1.165) is 11.4 Å². The van der Waals surface area contributed by atoms with Gasteiger partial charge in [0, 0.05) is 26.7 Å². The molecule has 0 amide bonds. The van der Waals surface area contributed by atoms with Gasteiger partial charge in [0.25, 0.3) is 0 Å². The van der Waals surface area contributed by atoms with Crippen LogP contribution in [0.4, 0.5) is 0 Å². The second kappa shape index (κ2) is 11.4. The Kier molecular flexibility index (Phi) is 10.3. The molecule has 1 fully saturated rings. The monoisotopic (exact) mass is 559 g/mol. The minimum absolute atomic E-state index is 0. The van der Waals surface area contributed by atoms with Crippen molar-refractivity contribution in [3.05, 3.63) is 15.6 Å². The molecule has 1 aromatic heterocycles. The Balaban J connectivity index is 0.00000420. The number of guanidine groups is 1. The van der Waals surface area contributed by atoms with Crippen LogP contribution in [0.1, 0.15) is 46.7 Å². The summed E-state index contributed by atoms with van der Waals surface area (Å²) in [5.74, 6) is 0.493. The van der Waals surface area contributed by atoms with Crippen LogP contribution in [-0.2, 0) is 14.8 Å². The number of carbonyl (C=O) groups is 1. The van der Waals surface area contributed by atoms with Crippen LogP contribution in [-0.4, -0.2) is 69.2 Å². The lowest BCUT2D eigenvalue weighted by molar-refractivity contribution is 0.0531. The molecule has 2 N–H and O–H groups in total. The van der Waals surface area contributed by atoms with Gasteiger partial charge in [-0.2, -0.15) is 0 Å². The zero-order chi connectivity index (χ0) is 20.9. The number of hydrogen-bond acceptors (Lipinski definition) is 7. The highest BCUT2D eigenvalue weighted by Crippen LogP contribution is 2.24. The summed E-state index contributed by atoms with van der Waals surface area (Å²) in [6.45, 7) is 7.54. The van der Waals surface area contributed by atoms with Gasteiger partial charge in [-0.25, -0.2) is 22.5 Å². The van der Waals surface area contributed by atoms with Crippen molar-refractivity contribution < 1.29 is 17.9 Å². The fraction of sp³-hybridized carbons (Fsp3) is 0.706. The Morgan fingerprint density at radius 3 is 2.72 bits per heavy atom. The van der Waals surface area contributed by atoms with E-state index in [-0.39, 0.29) is 41.9 Å². The summed E-state index contributed by atoms with van der Waals surface area (Å²) >= 11 is 1.31. The maximum atomic E-state index is 12.0. The van der Waals surface area contributed by atoms with E-state index in [1.54, 1.807) is 20.9 Å². The molecular weight excluding hydrogens is 529 g/mol. The van der Waals surface area contributed by atoms with E-state index >= 15 is 0 Å². The number of rotatable bonds is 7. The largest absolute Gasteiger partial charge is 0.462 e. The van der Waals surface area contributed by atoms with Crippen molar-refractivity contribution in [2.24, 2.45) is 10.9 Å². The lowest BCUT2D eigenvalue weighted by Crippen LogP contribution is -2.41. The van der Waals surface area contributed by atoms with Crippen molar-refractivity contribution >= 4 is 57.3 Å². The highest BCUT2D eigenvalue weighted by Gasteiger charge is 2.28. The van der Waals surface area contributed by atoms with E-state index in [9.17, 15) is 13.2 Å². The van der Waals surface area contributed by atoms with Gasteiger partial charge in [-0.15, -0.1) is 35.3 Å². The van der Waals surface area contributed by atoms with E-state index in [1.807, 2.05) is 6.92 Å². The number of halogens is 1. The first-order chi connectivity index (χ1) is 13.2. The molecule has 9 nitrogen and oxygen atoms in total. The Bertz CT molecular complexity index is 828. The van der Waals surface area contributed by atoms with Gasteiger partial charge in [0.05, 0.1) is 24.6 Å². The first-order valence-corrected chi connectivity index (χ1v) is 11.9. The molecule has 2 unspecified atom stereocenters. The maximum Gasteiger partial charge on any atom is 0.350 e. The van der Waals surface area contributed by atoms with Gasteiger partial charge < -0.3 is 15.4 Å². The molecule has 1 aliphatic rings. The maximum absolute atomic E-state index is 12.0. The average molecular weight is 559 g/mol. The number of aromatic nitrogens is 1. The number of thiazole rings is 1. The molecule has 2 atom stereocenters. The molecule has 2 rings (SSSR count). The predicted octanol–water partition coefficient (Wildman–Crippen LogP) is 1.75. The van der Waals surface area contributed by atoms with E-state index < -0.39 is 10.0 Å². The highest BCUT2D eigenvalue weighted by atomic mass is 127. The summed E-state index contributed by atoms with van der Waals surface area (Å²) in [4.78, 5) is 21.2. The minimum atomic E-state index is -3.13. The third-order valence-corrected chi connectivity index (χ3v) is 7.09. The first kappa shape index (κ1) is 26.0. The normalized spacial score (nSPS) is 18.8. The predicted molar refractivity (Wildman–Crippen MR) is 126 cm³/mol. The van der Waals surface area contributed by atoms with E-state index in [2.05, 4.69) is 20.6 Å². The molecule has 1 aromatic rings. The van der Waals surface area contributed by atoms with Crippen molar-refractivity contribution in [2.75, 3.05) is 39.5 Å². The summed E-state index contributed by atoms with van der Waals surface area (Å²) in [5.41, 5.74) is 0.655. The number of esters is 1. The highest BCUT2D eigenvalue weighted by molar-refractivity contribution is 14.0. The lowest BCUT2D eigenvalue weighted by Gasteiger charge is -2.18. The number of ether oxygens (including phenoxy) is 1. The van der Waals surface area contributed by atoms with Crippen LogP contribution in [0.3, 0.4) is 0 Å². The third kappa shape index (κ3) is 7.33. The Morgan fingerprint density at radius 2 is 2.17 bits per heavy atom. The molecule has 0 aromatic carbocycles. The molecular formula is C17H30IN5O4S2. The van der Waals surface area contributed by atoms with Crippen LogP contribution >= 0.6 is 35.3 Å². The van der Waals surface area contributed by atoms with Gasteiger partial charge in [0.15, 0.2) is 5.96 Å². The van der Waals surface area contributed by atoms with Crippen LogP contribution in [0.2, 0.25) is 0 Å². The molecule has 2 heterocycles. The molecule has 0 spiro atoms. The third-order valence-electron chi connectivity index (χ3n) is 4.50. The zero-order valence-corrected chi connectivity index (χ0v) is 21.4. The van der Waals surface area contributed by atoms with E-state index in [4.69, 9.17) is 4.74 Å². The molecule has 12 heteroatoms. The van der Waals surface area contributed by atoms with Gasteiger partial charge in [0.2, 0.25) is 10.0 Å². The van der Waals surface area contributed by atoms with E-state index in [0.29, 0.717) is 42.8 Å². The molecule has 0 saturated carbocycles. The van der Waals surface area contributed by atoms with Crippen molar-refractivity contribution in [1.82, 2.24) is 19.9 Å². The van der Waals surface area contributed by atoms with Gasteiger partial charge in [-0.05, 0) is 33.1 Å².